The lowest BCUT2D eigenvalue weighted by Gasteiger charge is -2.20. The third kappa shape index (κ3) is 5.23. The van der Waals surface area contributed by atoms with Gasteiger partial charge in [0.2, 0.25) is 0 Å². The third-order valence-electron chi connectivity index (χ3n) is 4.25. The van der Waals surface area contributed by atoms with Gasteiger partial charge in [-0.25, -0.2) is 8.42 Å². The molecule has 2 rings (SSSR count). The van der Waals surface area contributed by atoms with Gasteiger partial charge in [0.1, 0.15) is 0 Å². The average Bonchev–Trinajstić information content (AvgIpc) is 2.60. The first kappa shape index (κ1) is 21.3. The highest BCUT2D eigenvalue weighted by Crippen LogP contribution is 2.27. The van der Waals surface area contributed by atoms with Crippen molar-refractivity contribution >= 4 is 33.2 Å². The lowest BCUT2D eigenvalue weighted by molar-refractivity contribution is 0.0952. The van der Waals surface area contributed by atoms with E-state index in [1.165, 1.54) is 13.1 Å². The number of nitrogens with one attached hydrogen (secondary N) is 1. The number of sulfonamides is 1. The van der Waals surface area contributed by atoms with E-state index in [9.17, 15) is 13.2 Å². The molecule has 0 radical (unpaired) electrons. The van der Waals surface area contributed by atoms with Crippen molar-refractivity contribution in [2.45, 2.75) is 32.1 Å². The number of aryl methyl sites for hydroxylation is 1. The zero-order valence-electron chi connectivity index (χ0n) is 16.0. The van der Waals surface area contributed by atoms with E-state index in [4.69, 9.17) is 11.6 Å². The summed E-state index contributed by atoms with van der Waals surface area (Å²) in [5, 5.41) is 3.03. The van der Waals surface area contributed by atoms with Crippen molar-refractivity contribution in [3.8, 4) is 0 Å². The molecular formula is C20H25ClN2O3S. The van der Waals surface area contributed by atoms with Crippen LogP contribution in [0.15, 0.2) is 47.4 Å². The number of anilines is 1. The van der Waals surface area contributed by atoms with Crippen LogP contribution < -0.4 is 9.62 Å². The van der Waals surface area contributed by atoms with Crippen LogP contribution in [-0.2, 0) is 10.0 Å². The average molecular weight is 409 g/mol. The van der Waals surface area contributed by atoms with Gasteiger partial charge in [0.05, 0.1) is 21.2 Å². The molecular weight excluding hydrogens is 384 g/mol. The van der Waals surface area contributed by atoms with E-state index in [-0.39, 0.29) is 15.8 Å². The Balaban J connectivity index is 2.21. The maximum atomic E-state index is 12.8. The Kier molecular flexibility index (Phi) is 6.89. The fourth-order valence-corrected chi connectivity index (χ4v) is 3.91. The fourth-order valence-electron chi connectivity index (χ4n) is 2.46. The highest BCUT2D eigenvalue weighted by Gasteiger charge is 2.22. The zero-order valence-corrected chi connectivity index (χ0v) is 17.6. The molecule has 0 saturated carbocycles. The Hall–Kier alpha value is -2.05. The van der Waals surface area contributed by atoms with Gasteiger partial charge in [-0.2, -0.15) is 0 Å². The summed E-state index contributed by atoms with van der Waals surface area (Å²) < 4.78 is 26.7. The first-order valence-corrected chi connectivity index (χ1v) is 10.6. The molecule has 0 bridgehead atoms. The molecule has 0 fully saturated rings. The van der Waals surface area contributed by atoms with E-state index >= 15 is 0 Å². The van der Waals surface area contributed by atoms with Crippen molar-refractivity contribution in [2.75, 3.05) is 17.9 Å². The van der Waals surface area contributed by atoms with E-state index in [0.717, 1.165) is 16.3 Å². The summed E-state index contributed by atoms with van der Waals surface area (Å²) in [6.45, 7) is 6.62. The molecule has 1 amide bonds. The van der Waals surface area contributed by atoms with Gasteiger partial charge >= 0.3 is 0 Å². The van der Waals surface area contributed by atoms with Crippen molar-refractivity contribution in [3.05, 3.63) is 58.6 Å². The fraction of sp³-hybridized carbons (Fsp3) is 0.350. The number of nitrogens with zero attached hydrogens (tertiary/aromatic N) is 1. The molecule has 2 aromatic rings. The smallest absolute Gasteiger partial charge is 0.264 e. The lowest BCUT2D eigenvalue weighted by atomic mass is 10.1. The monoisotopic (exact) mass is 408 g/mol. The van der Waals surface area contributed by atoms with Crippen LogP contribution in [0, 0.1) is 12.8 Å². The Morgan fingerprint density at radius 1 is 1.15 bits per heavy atom. The summed E-state index contributed by atoms with van der Waals surface area (Å²) in [6.07, 6.45) is 0.874. The topological polar surface area (TPSA) is 66.5 Å². The molecule has 0 spiro atoms. The number of carbonyl (C=O) groups excluding carboxylic acids is 1. The van der Waals surface area contributed by atoms with Gasteiger partial charge in [-0.3, -0.25) is 9.10 Å². The molecule has 5 nitrogen and oxygen atoms in total. The Morgan fingerprint density at radius 2 is 1.78 bits per heavy atom. The van der Waals surface area contributed by atoms with Gasteiger partial charge in [0.15, 0.2) is 0 Å². The molecule has 0 aliphatic carbocycles. The zero-order chi connectivity index (χ0) is 20.2. The minimum absolute atomic E-state index is 0.197. The van der Waals surface area contributed by atoms with Gasteiger partial charge in [0, 0.05) is 13.6 Å². The predicted octanol–water partition coefficient (Wildman–Crippen LogP) is 4.25. The summed E-state index contributed by atoms with van der Waals surface area (Å²) >= 11 is 6.24. The van der Waals surface area contributed by atoms with Crippen LogP contribution in [0.5, 0.6) is 0 Å². The maximum Gasteiger partial charge on any atom is 0.264 e. The number of halogens is 1. The van der Waals surface area contributed by atoms with Gasteiger partial charge in [-0.15, -0.1) is 0 Å². The maximum absolute atomic E-state index is 12.8. The summed E-state index contributed by atoms with van der Waals surface area (Å²) in [6, 6.07) is 11.2. The van der Waals surface area contributed by atoms with Crippen LogP contribution in [-0.4, -0.2) is 27.9 Å². The van der Waals surface area contributed by atoms with Crippen LogP contribution in [0.4, 0.5) is 5.69 Å². The number of benzene rings is 2. The minimum Gasteiger partial charge on any atom is -0.352 e. The molecule has 27 heavy (non-hydrogen) atoms. The second kappa shape index (κ2) is 8.76. The van der Waals surface area contributed by atoms with Crippen molar-refractivity contribution in [1.82, 2.24) is 5.32 Å². The van der Waals surface area contributed by atoms with Gasteiger partial charge in [0.25, 0.3) is 15.9 Å². The quantitative estimate of drug-likeness (QED) is 0.744. The molecule has 0 atom stereocenters. The highest BCUT2D eigenvalue weighted by molar-refractivity contribution is 7.92. The second-order valence-corrected chi connectivity index (χ2v) is 9.26. The summed E-state index contributed by atoms with van der Waals surface area (Å²) in [5.74, 6) is 0.222. The van der Waals surface area contributed by atoms with Crippen molar-refractivity contribution in [1.29, 1.82) is 0 Å². The Labute approximate surface area is 166 Å². The van der Waals surface area contributed by atoms with Gasteiger partial charge in [-0.05, 0) is 49.6 Å². The standard InChI is InChI=1S/C20H25ClN2O3S/c1-14(2)11-12-22-20(24)18-10-7-16(13-19(18)21)23(4)27(25,26)17-8-5-15(3)6-9-17/h5-10,13-14H,11-12H2,1-4H3,(H,22,24). The van der Waals surface area contributed by atoms with Crippen LogP contribution in [0.25, 0.3) is 0 Å². The molecule has 0 saturated heterocycles. The number of carbonyl (C=O) groups is 1. The molecule has 0 aromatic heterocycles. The Bertz CT molecular complexity index is 909. The number of hydrogen-bond acceptors (Lipinski definition) is 3. The normalized spacial score (nSPS) is 11.5. The van der Waals surface area contributed by atoms with E-state index in [2.05, 4.69) is 19.2 Å². The SMILES string of the molecule is Cc1ccc(S(=O)(=O)N(C)c2ccc(C(=O)NCCC(C)C)c(Cl)c2)cc1. The van der Waals surface area contributed by atoms with Crippen LogP contribution >= 0.6 is 11.6 Å². The Morgan fingerprint density at radius 3 is 2.33 bits per heavy atom. The minimum atomic E-state index is -3.71. The molecule has 0 aliphatic rings. The van der Waals surface area contributed by atoms with Gasteiger partial charge in [-0.1, -0.05) is 43.1 Å². The molecule has 146 valence electrons. The first-order chi connectivity index (χ1) is 12.6. The molecule has 1 N–H and O–H groups in total. The van der Waals surface area contributed by atoms with E-state index in [1.54, 1.807) is 36.4 Å². The molecule has 7 heteroatoms. The summed E-state index contributed by atoms with van der Waals surface area (Å²) in [4.78, 5) is 12.4. The second-order valence-electron chi connectivity index (χ2n) is 6.89. The van der Waals surface area contributed by atoms with Crippen molar-refractivity contribution in [3.63, 3.8) is 0 Å². The van der Waals surface area contributed by atoms with Crippen LogP contribution in [0.1, 0.15) is 36.2 Å². The van der Waals surface area contributed by atoms with Crippen molar-refractivity contribution in [2.24, 2.45) is 5.92 Å². The number of amides is 1. The lowest BCUT2D eigenvalue weighted by Crippen LogP contribution is -2.27. The summed E-state index contributed by atoms with van der Waals surface area (Å²) in [5.41, 5.74) is 1.69. The molecule has 0 unspecified atom stereocenters. The third-order valence-corrected chi connectivity index (χ3v) is 6.36. The van der Waals surface area contributed by atoms with E-state index < -0.39 is 10.0 Å². The molecule has 2 aromatic carbocycles. The number of rotatable bonds is 7. The highest BCUT2D eigenvalue weighted by atomic mass is 35.5. The van der Waals surface area contributed by atoms with E-state index in [1.807, 2.05) is 6.92 Å². The predicted molar refractivity (Wildman–Crippen MR) is 110 cm³/mol. The summed E-state index contributed by atoms with van der Waals surface area (Å²) in [7, 11) is -2.25. The number of hydrogen-bond donors (Lipinski definition) is 1. The van der Waals surface area contributed by atoms with E-state index in [0.29, 0.717) is 23.7 Å². The van der Waals surface area contributed by atoms with Crippen molar-refractivity contribution < 1.29 is 13.2 Å². The molecule has 0 heterocycles. The largest absolute Gasteiger partial charge is 0.352 e. The van der Waals surface area contributed by atoms with Gasteiger partial charge < -0.3 is 5.32 Å². The first-order valence-electron chi connectivity index (χ1n) is 8.76. The van der Waals surface area contributed by atoms with Crippen LogP contribution in [0.3, 0.4) is 0 Å². The van der Waals surface area contributed by atoms with Crippen LogP contribution in [0.2, 0.25) is 5.02 Å². The molecule has 0 aliphatic heterocycles.